The summed E-state index contributed by atoms with van der Waals surface area (Å²) in [6, 6.07) is 19.5. The van der Waals surface area contributed by atoms with Crippen molar-refractivity contribution in [1.82, 2.24) is 20.1 Å². The molecular formula is C23H25N5O2S. The van der Waals surface area contributed by atoms with E-state index in [1.807, 2.05) is 73.0 Å². The monoisotopic (exact) mass is 435 g/mol. The minimum Gasteiger partial charge on any atom is -0.497 e. The summed E-state index contributed by atoms with van der Waals surface area (Å²) in [5, 5.41) is 21.6. The third-order valence-corrected chi connectivity index (χ3v) is 6.02. The molecule has 0 fully saturated rings. The lowest BCUT2D eigenvalue weighted by Crippen LogP contribution is -2.49. The number of nitriles is 1. The zero-order chi connectivity index (χ0) is 22.4. The summed E-state index contributed by atoms with van der Waals surface area (Å²) in [7, 11) is 1.62. The second-order valence-electron chi connectivity index (χ2n) is 7.51. The fraction of sp³-hybridized carbons (Fsp3) is 0.304. The summed E-state index contributed by atoms with van der Waals surface area (Å²) in [6.07, 6.45) is 0. The molecule has 1 atom stereocenters. The first kappa shape index (κ1) is 22.4. The SMILES string of the molecule is COc1cccc(-c2nnc(SCC(=O)NC(C)(C#N)C(C)C)n2-c2ccccc2)c1. The molecule has 7 nitrogen and oxygen atoms in total. The number of amides is 1. The van der Waals surface area contributed by atoms with Gasteiger partial charge in [0.2, 0.25) is 5.91 Å². The molecule has 3 aromatic rings. The largest absolute Gasteiger partial charge is 0.497 e. The molecule has 8 heteroatoms. The van der Waals surface area contributed by atoms with Crippen molar-refractivity contribution in [1.29, 1.82) is 5.26 Å². The number of nitrogens with one attached hydrogen (secondary N) is 1. The topological polar surface area (TPSA) is 92.8 Å². The van der Waals surface area contributed by atoms with Gasteiger partial charge in [-0.15, -0.1) is 10.2 Å². The molecule has 0 saturated heterocycles. The van der Waals surface area contributed by atoms with Gasteiger partial charge in [-0.3, -0.25) is 9.36 Å². The summed E-state index contributed by atoms with van der Waals surface area (Å²) in [5.41, 5.74) is 0.817. The lowest BCUT2D eigenvalue weighted by molar-refractivity contribution is -0.120. The Labute approximate surface area is 186 Å². The van der Waals surface area contributed by atoms with Crippen LogP contribution in [0, 0.1) is 17.2 Å². The molecule has 1 unspecified atom stereocenters. The Kier molecular flexibility index (Phi) is 6.98. The highest BCUT2D eigenvalue weighted by Crippen LogP contribution is 2.29. The predicted octanol–water partition coefficient (Wildman–Crippen LogP) is 4.09. The van der Waals surface area contributed by atoms with E-state index in [2.05, 4.69) is 21.6 Å². The van der Waals surface area contributed by atoms with Gasteiger partial charge in [0.15, 0.2) is 11.0 Å². The molecule has 0 aliphatic carbocycles. The van der Waals surface area contributed by atoms with E-state index < -0.39 is 5.54 Å². The fourth-order valence-electron chi connectivity index (χ4n) is 2.88. The average Bonchev–Trinajstić information content (AvgIpc) is 3.22. The van der Waals surface area contributed by atoms with Crippen LogP contribution in [-0.4, -0.2) is 39.1 Å². The van der Waals surface area contributed by atoms with Gasteiger partial charge in [0.25, 0.3) is 0 Å². The van der Waals surface area contributed by atoms with E-state index in [-0.39, 0.29) is 17.6 Å². The number of benzene rings is 2. The maximum Gasteiger partial charge on any atom is 0.231 e. The molecule has 0 aliphatic rings. The Bertz CT molecular complexity index is 1090. The van der Waals surface area contributed by atoms with E-state index in [1.165, 1.54) is 11.8 Å². The van der Waals surface area contributed by atoms with Crippen molar-refractivity contribution >= 4 is 17.7 Å². The molecule has 1 amide bonds. The van der Waals surface area contributed by atoms with E-state index in [0.29, 0.717) is 11.0 Å². The second kappa shape index (κ2) is 9.67. The van der Waals surface area contributed by atoms with Gasteiger partial charge in [0.05, 0.1) is 18.9 Å². The van der Waals surface area contributed by atoms with Crippen LogP contribution in [0.1, 0.15) is 20.8 Å². The number of hydrogen-bond acceptors (Lipinski definition) is 6. The van der Waals surface area contributed by atoms with Crippen LogP contribution < -0.4 is 10.1 Å². The van der Waals surface area contributed by atoms with Crippen molar-refractivity contribution in [3.05, 3.63) is 54.6 Å². The molecule has 0 aliphatic heterocycles. The molecule has 160 valence electrons. The minimum absolute atomic E-state index is 0.0147. The summed E-state index contributed by atoms with van der Waals surface area (Å²) >= 11 is 1.27. The Morgan fingerprint density at radius 2 is 1.97 bits per heavy atom. The van der Waals surface area contributed by atoms with Crippen LogP contribution in [0.5, 0.6) is 5.75 Å². The van der Waals surface area contributed by atoms with Crippen molar-refractivity contribution in [3.63, 3.8) is 0 Å². The number of para-hydroxylation sites is 1. The summed E-state index contributed by atoms with van der Waals surface area (Å²) < 4.78 is 7.26. The molecule has 0 radical (unpaired) electrons. The van der Waals surface area contributed by atoms with Crippen molar-refractivity contribution in [2.75, 3.05) is 12.9 Å². The minimum atomic E-state index is -0.920. The van der Waals surface area contributed by atoms with Crippen LogP contribution in [0.25, 0.3) is 17.1 Å². The Balaban J connectivity index is 1.90. The number of rotatable bonds is 8. The number of hydrogen-bond donors (Lipinski definition) is 1. The van der Waals surface area contributed by atoms with Crippen molar-refractivity contribution < 1.29 is 9.53 Å². The Hall–Kier alpha value is -3.31. The fourth-order valence-corrected chi connectivity index (χ4v) is 3.63. The number of thioether (sulfide) groups is 1. The van der Waals surface area contributed by atoms with Gasteiger partial charge in [-0.25, -0.2) is 0 Å². The number of aromatic nitrogens is 3. The zero-order valence-corrected chi connectivity index (χ0v) is 18.8. The number of carbonyl (C=O) groups excluding carboxylic acids is 1. The quantitative estimate of drug-likeness (QED) is 0.536. The highest BCUT2D eigenvalue weighted by Gasteiger charge is 2.30. The summed E-state index contributed by atoms with van der Waals surface area (Å²) in [6.45, 7) is 5.54. The molecule has 2 aromatic carbocycles. The van der Waals surface area contributed by atoms with Gasteiger partial charge >= 0.3 is 0 Å². The number of carbonyl (C=O) groups is 1. The van der Waals surface area contributed by atoms with E-state index in [0.717, 1.165) is 17.0 Å². The second-order valence-corrected chi connectivity index (χ2v) is 8.46. The molecule has 1 aromatic heterocycles. The predicted molar refractivity (Wildman–Crippen MR) is 121 cm³/mol. The Morgan fingerprint density at radius 3 is 2.61 bits per heavy atom. The highest BCUT2D eigenvalue weighted by molar-refractivity contribution is 7.99. The third kappa shape index (κ3) is 5.06. The van der Waals surface area contributed by atoms with Crippen molar-refractivity contribution in [2.24, 2.45) is 5.92 Å². The van der Waals surface area contributed by atoms with Crippen LogP contribution in [0.3, 0.4) is 0 Å². The number of methoxy groups -OCH3 is 1. The molecular weight excluding hydrogens is 410 g/mol. The van der Waals surface area contributed by atoms with E-state index in [9.17, 15) is 10.1 Å². The van der Waals surface area contributed by atoms with Crippen molar-refractivity contribution in [3.8, 4) is 28.9 Å². The number of nitrogens with zero attached hydrogens (tertiary/aromatic N) is 4. The van der Waals surface area contributed by atoms with Gasteiger partial charge in [0.1, 0.15) is 11.3 Å². The first-order chi connectivity index (χ1) is 14.9. The van der Waals surface area contributed by atoms with E-state index in [4.69, 9.17) is 4.74 Å². The average molecular weight is 436 g/mol. The third-order valence-electron chi connectivity index (χ3n) is 5.09. The van der Waals surface area contributed by atoms with E-state index >= 15 is 0 Å². The zero-order valence-electron chi connectivity index (χ0n) is 18.0. The lowest BCUT2D eigenvalue weighted by Gasteiger charge is -2.27. The molecule has 3 rings (SSSR count). The van der Waals surface area contributed by atoms with Crippen LogP contribution >= 0.6 is 11.8 Å². The molecule has 0 spiro atoms. The van der Waals surface area contributed by atoms with E-state index in [1.54, 1.807) is 14.0 Å². The van der Waals surface area contributed by atoms with Crippen LogP contribution in [0.2, 0.25) is 0 Å². The molecule has 1 N–H and O–H groups in total. The summed E-state index contributed by atoms with van der Waals surface area (Å²) in [5.74, 6) is 1.25. The van der Waals surface area contributed by atoms with Crippen molar-refractivity contribution in [2.45, 2.75) is 31.5 Å². The first-order valence-electron chi connectivity index (χ1n) is 9.88. The van der Waals surface area contributed by atoms with Gasteiger partial charge in [-0.2, -0.15) is 5.26 Å². The van der Waals surface area contributed by atoms with Crippen LogP contribution in [0.4, 0.5) is 0 Å². The molecule has 1 heterocycles. The Morgan fingerprint density at radius 1 is 1.23 bits per heavy atom. The normalized spacial score (nSPS) is 12.8. The maximum atomic E-state index is 12.5. The van der Waals surface area contributed by atoms with Gasteiger partial charge in [0, 0.05) is 11.3 Å². The van der Waals surface area contributed by atoms with Crippen LogP contribution in [0.15, 0.2) is 59.8 Å². The standard InChI is InChI=1S/C23H25N5O2S/c1-16(2)23(3,15-24)25-20(29)14-31-22-27-26-21(17-9-8-12-19(13-17)30-4)28(22)18-10-6-5-7-11-18/h5-13,16H,14H2,1-4H3,(H,25,29). The smallest absolute Gasteiger partial charge is 0.231 e. The van der Waals surface area contributed by atoms with Gasteiger partial charge < -0.3 is 10.1 Å². The number of ether oxygens (including phenoxy) is 1. The highest BCUT2D eigenvalue weighted by atomic mass is 32.2. The summed E-state index contributed by atoms with van der Waals surface area (Å²) in [4.78, 5) is 12.5. The van der Waals surface area contributed by atoms with Crippen LogP contribution in [-0.2, 0) is 4.79 Å². The maximum absolute atomic E-state index is 12.5. The molecule has 0 bridgehead atoms. The lowest BCUT2D eigenvalue weighted by atomic mass is 9.90. The first-order valence-corrected chi connectivity index (χ1v) is 10.9. The van der Waals surface area contributed by atoms with Gasteiger partial charge in [-0.05, 0) is 37.1 Å². The van der Waals surface area contributed by atoms with Gasteiger partial charge in [-0.1, -0.05) is 55.9 Å². The molecule has 31 heavy (non-hydrogen) atoms. The molecule has 0 saturated carbocycles.